The van der Waals surface area contributed by atoms with Crippen LogP contribution >= 0.6 is 11.8 Å². The molecule has 0 saturated heterocycles. The van der Waals surface area contributed by atoms with Gasteiger partial charge in [-0.05, 0) is 18.5 Å². The van der Waals surface area contributed by atoms with Gasteiger partial charge in [0.05, 0.1) is 0 Å². The molecular formula is C16H21N3OS. The first kappa shape index (κ1) is 15.8. The second-order valence-electron chi connectivity index (χ2n) is 4.75. The normalized spacial score (nSPS) is 13.8. The third-order valence-electron chi connectivity index (χ3n) is 3.27. The van der Waals surface area contributed by atoms with Gasteiger partial charge in [-0.2, -0.15) is 0 Å². The summed E-state index contributed by atoms with van der Waals surface area (Å²) < 4.78 is 0. The topological polar surface area (TPSA) is 57.8 Å². The fourth-order valence-electron chi connectivity index (χ4n) is 2.29. The number of nitrogens with one attached hydrogen (secondary N) is 2. The van der Waals surface area contributed by atoms with E-state index in [-0.39, 0.29) is 11.6 Å². The lowest BCUT2D eigenvalue weighted by Gasteiger charge is -2.26. The van der Waals surface area contributed by atoms with Crippen LogP contribution in [0.4, 0.5) is 0 Å². The van der Waals surface area contributed by atoms with E-state index in [1.807, 2.05) is 6.07 Å². The largest absolute Gasteiger partial charge is 0.309 e. The lowest BCUT2D eigenvalue weighted by molar-refractivity contribution is 0.520. The van der Waals surface area contributed by atoms with E-state index in [0.717, 1.165) is 13.0 Å². The monoisotopic (exact) mass is 303 g/mol. The number of thioether (sulfide) groups is 1. The van der Waals surface area contributed by atoms with Crippen molar-refractivity contribution in [2.45, 2.75) is 36.7 Å². The molecule has 0 aliphatic carbocycles. The maximum atomic E-state index is 11.4. The van der Waals surface area contributed by atoms with Crippen LogP contribution in [0.25, 0.3) is 0 Å². The van der Waals surface area contributed by atoms with Crippen molar-refractivity contribution >= 4 is 11.8 Å². The van der Waals surface area contributed by atoms with Crippen LogP contribution in [0, 0.1) is 0 Å². The molecule has 4 nitrogen and oxygen atoms in total. The molecule has 0 amide bonds. The Morgan fingerprint density at radius 2 is 2.00 bits per heavy atom. The zero-order chi connectivity index (χ0) is 15.1. The number of H-pyrrole nitrogens is 1. The Hall–Kier alpha value is -1.59. The van der Waals surface area contributed by atoms with E-state index < -0.39 is 0 Å². The number of hydrogen-bond acceptors (Lipinski definition) is 4. The van der Waals surface area contributed by atoms with Crippen molar-refractivity contribution in [3.63, 3.8) is 0 Å². The van der Waals surface area contributed by atoms with Crippen LogP contribution in [-0.4, -0.2) is 21.8 Å². The van der Waals surface area contributed by atoms with E-state index in [9.17, 15) is 4.79 Å². The number of aromatic amines is 1. The summed E-state index contributed by atoms with van der Waals surface area (Å²) >= 11 is 1.62. The molecule has 2 N–H and O–H groups in total. The molecule has 0 aliphatic heterocycles. The van der Waals surface area contributed by atoms with Gasteiger partial charge in [-0.1, -0.05) is 55.9 Å². The van der Waals surface area contributed by atoms with Crippen molar-refractivity contribution in [3.8, 4) is 0 Å². The second kappa shape index (κ2) is 8.00. The fraction of sp³-hybridized carbons (Fsp3) is 0.375. The smallest absolute Gasteiger partial charge is 0.251 e. The molecule has 2 rings (SSSR count). The van der Waals surface area contributed by atoms with Crippen molar-refractivity contribution in [3.05, 3.63) is 58.5 Å². The number of hydrogen-bond donors (Lipinski definition) is 2. The Morgan fingerprint density at radius 1 is 1.24 bits per heavy atom. The Labute approximate surface area is 129 Å². The Bertz CT molecular complexity index is 600. The van der Waals surface area contributed by atoms with Crippen molar-refractivity contribution in [1.82, 2.24) is 15.3 Å². The standard InChI is InChI=1S/C16H21N3OS/c1-3-13(21-16-18-11-10-14(20)19-16)15(17-4-2)12-8-6-5-7-9-12/h5-11,13,15,17H,3-4H2,1-2H3,(H,18,19,20). The molecule has 0 saturated carbocycles. The molecule has 2 unspecified atom stereocenters. The summed E-state index contributed by atoms with van der Waals surface area (Å²) in [6, 6.07) is 12.1. The minimum absolute atomic E-state index is 0.109. The molecular weight excluding hydrogens is 282 g/mol. The van der Waals surface area contributed by atoms with Crippen LogP contribution in [0.2, 0.25) is 0 Å². The molecule has 0 aliphatic rings. The first-order chi connectivity index (χ1) is 10.2. The minimum atomic E-state index is -0.109. The molecule has 0 spiro atoms. The van der Waals surface area contributed by atoms with Gasteiger partial charge in [0.15, 0.2) is 5.16 Å². The van der Waals surface area contributed by atoms with Gasteiger partial charge < -0.3 is 10.3 Å². The van der Waals surface area contributed by atoms with Gasteiger partial charge in [0.25, 0.3) is 5.56 Å². The van der Waals surface area contributed by atoms with Crippen LogP contribution in [-0.2, 0) is 0 Å². The van der Waals surface area contributed by atoms with E-state index in [4.69, 9.17) is 0 Å². The van der Waals surface area contributed by atoms with Gasteiger partial charge in [-0.25, -0.2) is 4.98 Å². The molecule has 112 valence electrons. The van der Waals surface area contributed by atoms with Gasteiger partial charge in [-0.3, -0.25) is 4.79 Å². The summed E-state index contributed by atoms with van der Waals surface area (Å²) in [7, 11) is 0. The molecule has 21 heavy (non-hydrogen) atoms. The predicted octanol–water partition coefficient (Wildman–Crippen LogP) is 2.99. The molecule has 1 aromatic heterocycles. The average Bonchev–Trinajstić information content (AvgIpc) is 2.51. The molecule has 5 heteroatoms. The number of aromatic nitrogens is 2. The highest BCUT2D eigenvalue weighted by atomic mass is 32.2. The molecule has 2 atom stereocenters. The Morgan fingerprint density at radius 3 is 2.62 bits per heavy atom. The maximum absolute atomic E-state index is 11.4. The molecule has 0 radical (unpaired) electrons. The molecule has 0 bridgehead atoms. The summed E-state index contributed by atoms with van der Waals surface area (Å²) in [6.45, 7) is 5.16. The summed E-state index contributed by atoms with van der Waals surface area (Å²) in [4.78, 5) is 18.4. The number of nitrogens with zero attached hydrogens (tertiary/aromatic N) is 1. The SMILES string of the molecule is CCNC(c1ccccc1)C(CC)Sc1nccc(=O)[nH]1. The molecule has 1 heterocycles. The average molecular weight is 303 g/mol. The Balaban J connectivity index is 2.22. The lowest BCUT2D eigenvalue weighted by atomic mass is 10.0. The van der Waals surface area contributed by atoms with Gasteiger partial charge in [0.2, 0.25) is 0 Å². The number of rotatable bonds is 7. The zero-order valence-electron chi connectivity index (χ0n) is 12.4. The zero-order valence-corrected chi connectivity index (χ0v) is 13.2. The first-order valence-electron chi connectivity index (χ1n) is 7.25. The summed E-state index contributed by atoms with van der Waals surface area (Å²) in [5, 5.41) is 4.52. The lowest BCUT2D eigenvalue weighted by Crippen LogP contribution is -2.30. The highest BCUT2D eigenvalue weighted by molar-refractivity contribution is 7.99. The summed E-state index contributed by atoms with van der Waals surface area (Å²) in [5.74, 6) is 0. The second-order valence-corrected chi connectivity index (χ2v) is 5.98. The molecule has 0 fully saturated rings. The van der Waals surface area contributed by atoms with Crippen molar-refractivity contribution in [2.75, 3.05) is 6.54 Å². The van der Waals surface area contributed by atoms with E-state index in [1.165, 1.54) is 11.6 Å². The fourth-order valence-corrected chi connectivity index (χ4v) is 3.41. The molecule has 1 aromatic carbocycles. The maximum Gasteiger partial charge on any atom is 0.251 e. The van der Waals surface area contributed by atoms with Crippen LogP contribution in [0.15, 0.2) is 52.5 Å². The number of benzene rings is 1. The predicted molar refractivity (Wildman–Crippen MR) is 87.7 cm³/mol. The third-order valence-corrected chi connectivity index (χ3v) is 4.61. The van der Waals surface area contributed by atoms with Crippen molar-refractivity contribution in [2.24, 2.45) is 0 Å². The first-order valence-corrected chi connectivity index (χ1v) is 8.12. The summed E-state index contributed by atoms with van der Waals surface area (Å²) in [6.07, 6.45) is 2.54. The van der Waals surface area contributed by atoms with Crippen molar-refractivity contribution < 1.29 is 0 Å². The van der Waals surface area contributed by atoms with Gasteiger partial charge in [0, 0.05) is 23.6 Å². The van der Waals surface area contributed by atoms with Crippen LogP contribution < -0.4 is 10.9 Å². The van der Waals surface area contributed by atoms with Crippen molar-refractivity contribution in [1.29, 1.82) is 0 Å². The third kappa shape index (κ3) is 4.44. The van der Waals surface area contributed by atoms with Gasteiger partial charge in [0.1, 0.15) is 0 Å². The van der Waals surface area contributed by atoms with Gasteiger partial charge in [-0.15, -0.1) is 0 Å². The van der Waals surface area contributed by atoms with Crippen LogP contribution in [0.3, 0.4) is 0 Å². The van der Waals surface area contributed by atoms with E-state index in [0.29, 0.717) is 10.4 Å². The van der Waals surface area contributed by atoms with E-state index >= 15 is 0 Å². The quantitative estimate of drug-likeness (QED) is 0.610. The Kier molecular flexibility index (Phi) is 6.02. The van der Waals surface area contributed by atoms with Gasteiger partial charge >= 0.3 is 0 Å². The summed E-state index contributed by atoms with van der Waals surface area (Å²) in [5.41, 5.74) is 1.15. The van der Waals surface area contributed by atoms with E-state index in [1.54, 1.807) is 18.0 Å². The van der Waals surface area contributed by atoms with Crippen LogP contribution in [0.1, 0.15) is 31.9 Å². The van der Waals surface area contributed by atoms with E-state index in [2.05, 4.69) is 53.4 Å². The highest BCUT2D eigenvalue weighted by Gasteiger charge is 2.22. The molecule has 2 aromatic rings. The minimum Gasteiger partial charge on any atom is -0.309 e. The van der Waals surface area contributed by atoms with Crippen LogP contribution in [0.5, 0.6) is 0 Å². The highest BCUT2D eigenvalue weighted by Crippen LogP contribution is 2.32.